The topological polar surface area (TPSA) is 73.6 Å². The first-order chi connectivity index (χ1) is 9.34. The van der Waals surface area contributed by atoms with Gasteiger partial charge in [-0.15, -0.1) is 0 Å². The van der Waals surface area contributed by atoms with Gasteiger partial charge in [0, 0.05) is 24.6 Å². The average molecular weight is 280 g/mol. The highest BCUT2D eigenvalue weighted by Gasteiger charge is 2.12. The number of amides is 1. The Hall–Kier alpha value is -1.75. The Morgan fingerprint density at radius 3 is 2.20 bits per heavy atom. The van der Waals surface area contributed by atoms with E-state index in [1.165, 1.54) is 0 Å². The fourth-order valence-corrected chi connectivity index (χ4v) is 1.68. The molecule has 0 fully saturated rings. The molecule has 1 rings (SSSR count). The Morgan fingerprint density at radius 1 is 1.20 bits per heavy atom. The molecule has 0 bridgehead atoms. The van der Waals surface area contributed by atoms with Crippen LogP contribution in [-0.2, 0) is 11.2 Å². The second-order valence-corrected chi connectivity index (χ2v) is 5.49. The van der Waals surface area contributed by atoms with Gasteiger partial charge in [-0.05, 0) is 38.0 Å². The molecule has 0 radical (unpaired) electrons. The monoisotopic (exact) mass is 280 g/mol. The molecule has 1 amide bonds. The average Bonchev–Trinajstić information content (AvgIpc) is 2.41. The summed E-state index contributed by atoms with van der Waals surface area (Å²) >= 11 is 0. The lowest BCUT2D eigenvalue weighted by Crippen LogP contribution is -2.45. The lowest BCUT2D eigenvalue weighted by molar-refractivity contribution is -0.121. The van der Waals surface area contributed by atoms with Gasteiger partial charge >= 0.3 is 0 Å². The molecule has 112 valence electrons. The molecule has 0 aliphatic carbocycles. The van der Waals surface area contributed by atoms with Crippen molar-refractivity contribution in [3.05, 3.63) is 23.8 Å². The molecule has 5 heteroatoms. The first-order valence-corrected chi connectivity index (χ1v) is 6.61. The SMILES string of the molecule is COc1cc(CCC(=O)NCC(C)(C)N)cc(OC)c1. The predicted octanol–water partition coefficient (Wildman–Crippen LogP) is 1.49. The van der Waals surface area contributed by atoms with Crippen LogP contribution in [-0.4, -0.2) is 32.2 Å². The number of nitrogens with one attached hydrogen (secondary N) is 1. The van der Waals surface area contributed by atoms with Gasteiger partial charge in [0.25, 0.3) is 0 Å². The normalized spacial score (nSPS) is 11.1. The van der Waals surface area contributed by atoms with E-state index in [0.717, 1.165) is 17.1 Å². The summed E-state index contributed by atoms with van der Waals surface area (Å²) in [4.78, 5) is 11.7. The first-order valence-electron chi connectivity index (χ1n) is 6.61. The molecule has 0 atom stereocenters. The van der Waals surface area contributed by atoms with Crippen molar-refractivity contribution < 1.29 is 14.3 Å². The van der Waals surface area contributed by atoms with Crippen LogP contribution < -0.4 is 20.5 Å². The van der Waals surface area contributed by atoms with E-state index in [1.807, 2.05) is 26.0 Å². The van der Waals surface area contributed by atoms with Crippen molar-refractivity contribution in [1.82, 2.24) is 5.32 Å². The second kappa shape index (κ2) is 7.14. The molecule has 0 spiro atoms. The summed E-state index contributed by atoms with van der Waals surface area (Å²) < 4.78 is 10.4. The van der Waals surface area contributed by atoms with Crippen molar-refractivity contribution in [1.29, 1.82) is 0 Å². The molecule has 1 aromatic carbocycles. The minimum atomic E-state index is -0.394. The van der Waals surface area contributed by atoms with Crippen molar-refractivity contribution in [2.75, 3.05) is 20.8 Å². The number of aryl methyl sites for hydroxylation is 1. The van der Waals surface area contributed by atoms with Crippen LogP contribution in [0.1, 0.15) is 25.8 Å². The van der Waals surface area contributed by atoms with Gasteiger partial charge < -0.3 is 20.5 Å². The summed E-state index contributed by atoms with van der Waals surface area (Å²) in [6.07, 6.45) is 1.04. The molecule has 1 aromatic rings. The van der Waals surface area contributed by atoms with Crippen LogP contribution in [0.5, 0.6) is 11.5 Å². The Bertz CT molecular complexity index is 431. The third-order valence-corrected chi connectivity index (χ3v) is 2.79. The summed E-state index contributed by atoms with van der Waals surface area (Å²) in [5, 5.41) is 2.82. The van der Waals surface area contributed by atoms with Crippen LogP contribution in [0.4, 0.5) is 0 Å². The van der Waals surface area contributed by atoms with Crippen molar-refractivity contribution >= 4 is 5.91 Å². The summed E-state index contributed by atoms with van der Waals surface area (Å²) in [6.45, 7) is 4.22. The van der Waals surface area contributed by atoms with Crippen LogP contribution in [0.3, 0.4) is 0 Å². The summed E-state index contributed by atoms with van der Waals surface area (Å²) in [7, 11) is 3.21. The van der Waals surface area contributed by atoms with E-state index in [2.05, 4.69) is 5.32 Å². The van der Waals surface area contributed by atoms with Gasteiger partial charge in [-0.3, -0.25) is 4.79 Å². The van der Waals surface area contributed by atoms with Crippen LogP contribution in [0.2, 0.25) is 0 Å². The number of carbonyl (C=O) groups excluding carboxylic acids is 1. The van der Waals surface area contributed by atoms with Crippen LogP contribution in [0.15, 0.2) is 18.2 Å². The van der Waals surface area contributed by atoms with Crippen LogP contribution >= 0.6 is 0 Å². The molecule has 0 unspecified atom stereocenters. The number of rotatable bonds is 7. The van der Waals surface area contributed by atoms with Gasteiger partial charge in [0.1, 0.15) is 11.5 Å². The molecule has 0 heterocycles. The van der Waals surface area contributed by atoms with E-state index in [-0.39, 0.29) is 5.91 Å². The zero-order valence-electron chi connectivity index (χ0n) is 12.7. The first kappa shape index (κ1) is 16.3. The molecular formula is C15H24N2O3. The fourth-order valence-electron chi connectivity index (χ4n) is 1.68. The number of benzene rings is 1. The van der Waals surface area contributed by atoms with Gasteiger partial charge in [-0.2, -0.15) is 0 Å². The predicted molar refractivity (Wildman–Crippen MR) is 79.1 cm³/mol. The van der Waals surface area contributed by atoms with Crippen molar-refractivity contribution in [3.8, 4) is 11.5 Å². The molecule has 0 aliphatic heterocycles. The van der Waals surface area contributed by atoms with Crippen LogP contribution in [0, 0.1) is 0 Å². The molecule has 3 N–H and O–H groups in total. The maximum Gasteiger partial charge on any atom is 0.220 e. The number of ether oxygens (including phenoxy) is 2. The van der Waals surface area contributed by atoms with E-state index in [0.29, 0.717) is 19.4 Å². The van der Waals surface area contributed by atoms with Crippen molar-refractivity contribution in [2.45, 2.75) is 32.2 Å². The third kappa shape index (κ3) is 5.93. The Labute approximate surface area is 120 Å². The molecule has 5 nitrogen and oxygen atoms in total. The minimum Gasteiger partial charge on any atom is -0.497 e. The van der Waals surface area contributed by atoms with E-state index in [4.69, 9.17) is 15.2 Å². The number of hydrogen-bond acceptors (Lipinski definition) is 4. The van der Waals surface area contributed by atoms with Crippen molar-refractivity contribution in [2.24, 2.45) is 5.73 Å². The smallest absolute Gasteiger partial charge is 0.220 e. The maximum atomic E-state index is 11.7. The van der Waals surface area contributed by atoms with E-state index < -0.39 is 5.54 Å². The Balaban J connectivity index is 2.54. The zero-order valence-corrected chi connectivity index (χ0v) is 12.7. The number of hydrogen-bond donors (Lipinski definition) is 2. The van der Waals surface area contributed by atoms with Crippen LogP contribution in [0.25, 0.3) is 0 Å². The number of carbonyl (C=O) groups is 1. The number of nitrogens with two attached hydrogens (primary N) is 1. The quantitative estimate of drug-likeness (QED) is 0.793. The highest BCUT2D eigenvalue weighted by atomic mass is 16.5. The third-order valence-electron chi connectivity index (χ3n) is 2.79. The highest BCUT2D eigenvalue weighted by Crippen LogP contribution is 2.23. The number of methoxy groups -OCH3 is 2. The molecule has 20 heavy (non-hydrogen) atoms. The highest BCUT2D eigenvalue weighted by molar-refractivity contribution is 5.76. The second-order valence-electron chi connectivity index (χ2n) is 5.49. The Kier molecular flexibility index (Phi) is 5.82. The zero-order chi connectivity index (χ0) is 15.2. The summed E-state index contributed by atoms with van der Waals surface area (Å²) in [5.74, 6) is 1.44. The molecule has 0 saturated heterocycles. The summed E-state index contributed by atoms with van der Waals surface area (Å²) in [6, 6.07) is 5.62. The van der Waals surface area contributed by atoms with Gasteiger partial charge in [0.05, 0.1) is 14.2 Å². The fraction of sp³-hybridized carbons (Fsp3) is 0.533. The molecular weight excluding hydrogens is 256 g/mol. The molecule has 0 saturated carbocycles. The Morgan fingerprint density at radius 2 is 1.75 bits per heavy atom. The summed E-state index contributed by atoms with van der Waals surface area (Å²) in [5.41, 5.74) is 6.43. The lowest BCUT2D eigenvalue weighted by atomic mass is 10.1. The molecule has 0 aliphatic rings. The van der Waals surface area contributed by atoms with E-state index in [9.17, 15) is 4.79 Å². The standard InChI is InChI=1S/C15H24N2O3/c1-15(2,16)10-17-14(18)6-5-11-7-12(19-3)9-13(8-11)20-4/h7-9H,5-6,10,16H2,1-4H3,(H,17,18). The maximum absolute atomic E-state index is 11.7. The van der Waals surface area contributed by atoms with E-state index >= 15 is 0 Å². The molecule has 0 aromatic heterocycles. The van der Waals surface area contributed by atoms with Gasteiger partial charge in [-0.1, -0.05) is 0 Å². The van der Waals surface area contributed by atoms with E-state index in [1.54, 1.807) is 20.3 Å². The largest absolute Gasteiger partial charge is 0.497 e. The van der Waals surface area contributed by atoms with Gasteiger partial charge in [0.2, 0.25) is 5.91 Å². The van der Waals surface area contributed by atoms with Crippen molar-refractivity contribution in [3.63, 3.8) is 0 Å². The minimum absolute atomic E-state index is 0.00897. The van der Waals surface area contributed by atoms with Gasteiger partial charge in [0.15, 0.2) is 0 Å². The van der Waals surface area contributed by atoms with Gasteiger partial charge in [-0.25, -0.2) is 0 Å². The lowest BCUT2D eigenvalue weighted by Gasteiger charge is -2.18.